The second-order valence-corrected chi connectivity index (χ2v) is 9.02. The molecule has 166 valence electrons. The quantitative estimate of drug-likeness (QED) is 0.716. The van der Waals surface area contributed by atoms with Gasteiger partial charge in [-0.05, 0) is 82.8 Å². The number of carbonyl (C=O) groups is 2. The lowest BCUT2D eigenvalue weighted by Crippen LogP contribution is -2.44. The van der Waals surface area contributed by atoms with E-state index in [1.807, 2.05) is 42.0 Å². The first-order valence-electron chi connectivity index (χ1n) is 11.3. The summed E-state index contributed by atoms with van der Waals surface area (Å²) in [5.41, 5.74) is 1.70. The van der Waals surface area contributed by atoms with Crippen LogP contribution in [-0.2, 0) is 4.79 Å². The van der Waals surface area contributed by atoms with Gasteiger partial charge in [-0.15, -0.1) is 0 Å². The highest BCUT2D eigenvalue weighted by Gasteiger charge is 2.27. The lowest BCUT2D eigenvalue weighted by atomic mass is 9.92. The summed E-state index contributed by atoms with van der Waals surface area (Å²) in [6.45, 7) is 5.62. The van der Waals surface area contributed by atoms with Gasteiger partial charge < -0.3 is 19.4 Å². The molecule has 6 heteroatoms. The van der Waals surface area contributed by atoms with E-state index >= 15 is 0 Å². The minimum absolute atomic E-state index is 0.0628. The number of benzene rings is 1. The summed E-state index contributed by atoms with van der Waals surface area (Å²) in [6.07, 6.45) is 5.64. The Morgan fingerprint density at radius 3 is 2.60 bits per heavy atom. The Morgan fingerprint density at radius 1 is 1.17 bits per heavy atom. The fourth-order valence-electron chi connectivity index (χ4n) is 4.71. The zero-order valence-corrected chi connectivity index (χ0v) is 19.0. The third-order valence-electron chi connectivity index (χ3n) is 6.86. The first-order chi connectivity index (χ1) is 14.4. The Labute approximate surface area is 181 Å². The van der Waals surface area contributed by atoms with Crippen LogP contribution in [0.4, 0.5) is 0 Å². The molecule has 1 aromatic carbocycles. The van der Waals surface area contributed by atoms with Gasteiger partial charge in [-0.3, -0.25) is 9.59 Å². The molecule has 3 rings (SSSR count). The summed E-state index contributed by atoms with van der Waals surface area (Å²) in [7, 11) is 5.73. The highest BCUT2D eigenvalue weighted by molar-refractivity contribution is 5.94. The third kappa shape index (κ3) is 5.54. The minimum atomic E-state index is 0.0628. The number of hydrogen-bond donors (Lipinski definition) is 0. The van der Waals surface area contributed by atoms with E-state index in [0.717, 1.165) is 69.6 Å². The molecule has 2 aliphatic rings. The number of likely N-dealkylation sites (tertiary alicyclic amines) is 2. The highest BCUT2D eigenvalue weighted by atomic mass is 16.5. The number of hydrogen-bond acceptors (Lipinski definition) is 4. The molecule has 0 aromatic heterocycles. The molecule has 30 heavy (non-hydrogen) atoms. The highest BCUT2D eigenvalue weighted by Crippen LogP contribution is 2.25. The molecule has 2 fully saturated rings. The molecule has 1 aromatic rings. The fourth-order valence-corrected chi connectivity index (χ4v) is 4.71. The van der Waals surface area contributed by atoms with Crippen LogP contribution in [0.1, 0.15) is 54.4 Å². The van der Waals surface area contributed by atoms with Crippen molar-refractivity contribution in [1.29, 1.82) is 0 Å². The molecule has 0 bridgehead atoms. The molecule has 2 amide bonds. The van der Waals surface area contributed by atoms with Gasteiger partial charge in [0.25, 0.3) is 5.91 Å². The molecule has 2 heterocycles. The molecular weight excluding hydrogens is 378 g/mol. The second kappa shape index (κ2) is 10.3. The molecule has 0 radical (unpaired) electrons. The summed E-state index contributed by atoms with van der Waals surface area (Å²) in [6, 6.07) is 6.02. The molecular formula is C24H37N3O3. The topological polar surface area (TPSA) is 53.1 Å². The van der Waals surface area contributed by atoms with Gasteiger partial charge in [-0.1, -0.05) is 6.07 Å². The third-order valence-corrected chi connectivity index (χ3v) is 6.86. The zero-order valence-electron chi connectivity index (χ0n) is 19.0. The molecule has 1 unspecified atom stereocenters. The normalized spacial score (nSPS) is 20.8. The van der Waals surface area contributed by atoms with Crippen molar-refractivity contribution in [3.05, 3.63) is 29.3 Å². The lowest BCUT2D eigenvalue weighted by Gasteiger charge is -2.36. The van der Waals surface area contributed by atoms with Crippen molar-refractivity contribution in [2.45, 2.75) is 51.5 Å². The van der Waals surface area contributed by atoms with Crippen molar-refractivity contribution in [3.63, 3.8) is 0 Å². The maximum absolute atomic E-state index is 13.0. The first kappa shape index (κ1) is 22.6. The Hall–Kier alpha value is -2.08. The van der Waals surface area contributed by atoms with E-state index in [2.05, 4.69) is 11.9 Å². The van der Waals surface area contributed by atoms with Crippen LogP contribution in [0.15, 0.2) is 18.2 Å². The molecule has 0 N–H and O–H groups in total. The minimum Gasteiger partial charge on any atom is -0.496 e. The average Bonchev–Trinajstić information content (AvgIpc) is 2.77. The van der Waals surface area contributed by atoms with Crippen LogP contribution < -0.4 is 4.74 Å². The maximum atomic E-state index is 13.0. The van der Waals surface area contributed by atoms with Crippen LogP contribution in [0.5, 0.6) is 5.75 Å². The Morgan fingerprint density at radius 2 is 1.90 bits per heavy atom. The number of aryl methyl sites for hydroxylation is 1. The van der Waals surface area contributed by atoms with Crippen LogP contribution in [0.25, 0.3) is 0 Å². The Bertz CT molecular complexity index is 743. The van der Waals surface area contributed by atoms with Crippen molar-refractivity contribution in [3.8, 4) is 5.75 Å². The van der Waals surface area contributed by atoms with Gasteiger partial charge >= 0.3 is 0 Å². The van der Waals surface area contributed by atoms with Gasteiger partial charge in [0.05, 0.1) is 7.11 Å². The number of amides is 2. The molecule has 0 saturated carbocycles. The van der Waals surface area contributed by atoms with Gasteiger partial charge in [0.15, 0.2) is 0 Å². The number of carbonyl (C=O) groups excluding carboxylic acids is 2. The summed E-state index contributed by atoms with van der Waals surface area (Å²) in [5.74, 6) is 1.45. The fraction of sp³-hybridized carbons (Fsp3) is 0.667. The van der Waals surface area contributed by atoms with E-state index < -0.39 is 0 Å². The van der Waals surface area contributed by atoms with Crippen molar-refractivity contribution in [2.75, 3.05) is 47.4 Å². The van der Waals surface area contributed by atoms with Gasteiger partial charge in [-0.25, -0.2) is 0 Å². The largest absolute Gasteiger partial charge is 0.496 e. The first-order valence-corrected chi connectivity index (χ1v) is 11.3. The standard InChI is InChI=1S/C24H37N3O3/c1-18-7-9-20(16-22(18)30-4)24(29)27-13-5-6-19(17-27)8-10-23(28)26(3)21-11-14-25(2)15-12-21/h7,9,16,19,21H,5-6,8,10-15,17H2,1-4H3. The number of rotatable bonds is 6. The van der Waals surface area contributed by atoms with E-state index in [1.165, 1.54) is 0 Å². The van der Waals surface area contributed by atoms with Gasteiger partial charge in [0, 0.05) is 38.2 Å². The maximum Gasteiger partial charge on any atom is 0.253 e. The van der Waals surface area contributed by atoms with Gasteiger partial charge in [0.2, 0.25) is 5.91 Å². The van der Waals surface area contributed by atoms with Crippen LogP contribution in [0, 0.1) is 12.8 Å². The van der Waals surface area contributed by atoms with Crippen molar-refractivity contribution in [1.82, 2.24) is 14.7 Å². The van der Waals surface area contributed by atoms with E-state index in [1.54, 1.807) is 7.11 Å². The van der Waals surface area contributed by atoms with E-state index in [9.17, 15) is 9.59 Å². The smallest absolute Gasteiger partial charge is 0.253 e. The number of piperidine rings is 2. The molecule has 2 saturated heterocycles. The Balaban J connectivity index is 1.51. The van der Waals surface area contributed by atoms with Crippen LogP contribution in [0.2, 0.25) is 0 Å². The molecule has 6 nitrogen and oxygen atoms in total. The summed E-state index contributed by atoms with van der Waals surface area (Å²) < 4.78 is 5.37. The van der Waals surface area contributed by atoms with Crippen LogP contribution in [0.3, 0.4) is 0 Å². The monoisotopic (exact) mass is 415 g/mol. The predicted molar refractivity (Wildman–Crippen MR) is 119 cm³/mol. The van der Waals surface area contributed by atoms with Crippen LogP contribution >= 0.6 is 0 Å². The van der Waals surface area contributed by atoms with Crippen LogP contribution in [-0.4, -0.2) is 79.9 Å². The molecule has 2 aliphatic heterocycles. The SMILES string of the molecule is COc1cc(C(=O)N2CCCC(CCC(=O)N(C)C3CCN(C)CC3)C2)ccc1C. The van der Waals surface area contributed by atoms with Crippen molar-refractivity contribution < 1.29 is 14.3 Å². The predicted octanol–water partition coefficient (Wildman–Crippen LogP) is 3.19. The summed E-state index contributed by atoms with van der Waals surface area (Å²) in [5, 5.41) is 0. The molecule has 0 aliphatic carbocycles. The van der Waals surface area contributed by atoms with E-state index in [4.69, 9.17) is 4.74 Å². The summed E-state index contributed by atoms with van der Waals surface area (Å²) in [4.78, 5) is 32.0. The Kier molecular flexibility index (Phi) is 7.75. The number of ether oxygens (including phenoxy) is 1. The zero-order chi connectivity index (χ0) is 21.7. The second-order valence-electron chi connectivity index (χ2n) is 9.02. The van der Waals surface area contributed by atoms with Gasteiger partial charge in [0.1, 0.15) is 5.75 Å². The summed E-state index contributed by atoms with van der Waals surface area (Å²) >= 11 is 0. The van der Waals surface area contributed by atoms with Crippen molar-refractivity contribution >= 4 is 11.8 Å². The lowest BCUT2D eigenvalue weighted by molar-refractivity contribution is -0.133. The number of nitrogens with zero attached hydrogens (tertiary/aromatic N) is 3. The van der Waals surface area contributed by atoms with E-state index in [-0.39, 0.29) is 11.8 Å². The van der Waals surface area contributed by atoms with Gasteiger partial charge in [-0.2, -0.15) is 0 Å². The molecule has 0 spiro atoms. The average molecular weight is 416 g/mol. The molecule has 1 atom stereocenters. The number of methoxy groups -OCH3 is 1. The van der Waals surface area contributed by atoms with E-state index in [0.29, 0.717) is 23.9 Å². The van der Waals surface area contributed by atoms with Crippen molar-refractivity contribution in [2.24, 2.45) is 5.92 Å².